The largest absolute Gasteiger partial charge is 0.465 e. The van der Waals surface area contributed by atoms with Crippen molar-refractivity contribution in [3.63, 3.8) is 0 Å². The Labute approximate surface area is 157 Å². The van der Waals surface area contributed by atoms with Crippen LogP contribution in [0.5, 0.6) is 0 Å². The van der Waals surface area contributed by atoms with E-state index in [0.29, 0.717) is 0 Å². The summed E-state index contributed by atoms with van der Waals surface area (Å²) in [5.41, 5.74) is 4.57. The minimum atomic E-state index is -0.641. The first kappa shape index (κ1) is 18.6. The van der Waals surface area contributed by atoms with Crippen LogP contribution in [-0.4, -0.2) is 37.6 Å². The van der Waals surface area contributed by atoms with Crippen LogP contribution in [0.4, 0.5) is 4.79 Å². The van der Waals surface area contributed by atoms with E-state index in [9.17, 15) is 14.4 Å². The topological polar surface area (TPSA) is 81.7 Å². The van der Waals surface area contributed by atoms with Crippen molar-refractivity contribution in [1.29, 1.82) is 0 Å². The molecule has 0 aromatic heterocycles. The normalized spacial score (nSPS) is 12.0. The van der Waals surface area contributed by atoms with Gasteiger partial charge in [-0.25, -0.2) is 4.79 Å². The van der Waals surface area contributed by atoms with E-state index in [1.807, 2.05) is 36.4 Å². The predicted molar refractivity (Wildman–Crippen MR) is 99.3 cm³/mol. The van der Waals surface area contributed by atoms with Gasteiger partial charge in [0, 0.05) is 19.3 Å². The summed E-state index contributed by atoms with van der Waals surface area (Å²) in [6, 6.07) is 16.1. The molecule has 1 amide bonds. The van der Waals surface area contributed by atoms with Gasteiger partial charge in [-0.1, -0.05) is 48.5 Å². The number of carbonyl (C=O) groups is 3. The van der Waals surface area contributed by atoms with E-state index in [1.165, 1.54) is 6.92 Å². The van der Waals surface area contributed by atoms with Crippen molar-refractivity contribution in [2.75, 3.05) is 19.8 Å². The van der Waals surface area contributed by atoms with Gasteiger partial charge in [-0.3, -0.25) is 9.59 Å². The third kappa shape index (κ3) is 4.53. The highest BCUT2D eigenvalue weighted by Crippen LogP contribution is 2.44. The number of rotatable bonds is 7. The Bertz CT molecular complexity index is 816. The molecule has 0 unspecified atom stereocenters. The van der Waals surface area contributed by atoms with E-state index in [-0.39, 0.29) is 37.9 Å². The number of hydrogen-bond acceptors (Lipinski definition) is 5. The average molecular weight is 367 g/mol. The molecule has 0 radical (unpaired) electrons. The molecule has 0 fully saturated rings. The average Bonchev–Trinajstić information content (AvgIpc) is 2.98. The zero-order valence-corrected chi connectivity index (χ0v) is 15.1. The zero-order chi connectivity index (χ0) is 19.2. The molecule has 0 saturated heterocycles. The molecule has 0 heterocycles. The first-order chi connectivity index (χ1) is 13.1. The van der Waals surface area contributed by atoms with E-state index >= 15 is 0 Å². The summed E-state index contributed by atoms with van der Waals surface area (Å²) in [6.07, 6.45) is -0.582. The van der Waals surface area contributed by atoms with Crippen LogP contribution < -0.4 is 5.32 Å². The maximum absolute atomic E-state index is 11.9. The molecule has 0 bridgehead atoms. The smallest absolute Gasteiger partial charge is 0.407 e. The van der Waals surface area contributed by atoms with Crippen LogP contribution in [0.3, 0.4) is 0 Å². The quantitative estimate of drug-likeness (QED) is 0.761. The SMILES string of the molecule is CC(=O)OCCC(=O)CNC(=O)OCC1c2ccccc2-c2ccccc21. The molecule has 6 nitrogen and oxygen atoms in total. The number of esters is 1. The third-order valence-corrected chi connectivity index (χ3v) is 4.46. The summed E-state index contributed by atoms with van der Waals surface area (Å²) in [5.74, 6) is -0.695. The Hall–Kier alpha value is -3.15. The maximum Gasteiger partial charge on any atom is 0.407 e. The molecule has 1 aliphatic carbocycles. The molecule has 0 spiro atoms. The van der Waals surface area contributed by atoms with Gasteiger partial charge in [-0.05, 0) is 22.3 Å². The number of carbonyl (C=O) groups excluding carboxylic acids is 3. The first-order valence-electron chi connectivity index (χ1n) is 8.80. The van der Waals surface area contributed by atoms with Crippen LogP contribution in [0.25, 0.3) is 11.1 Å². The lowest BCUT2D eigenvalue weighted by molar-refractivity contribution is -0.141. The van der Waals surface area contributed by atoms with Crippen LogP contribution in [0, 0.1) is 0 Å². The Morgan fingerprint density at radius 1 is 0.926 bits per heavy atom. The number of ketones is 1. The Balaban J connectivity index is 1.52. The van der Waals surface area contributed by atoms with Gasteiger partial charge in [-0.2, -0.15) is 0 Å². The monoisotopic (exact) mass is 367 g/mol. The van der Waals surface area contributed by atoms with Crippen molar-refractivity contribution in [1.82, 2.24) is 5.32 Å². The fourth-order valence-corrected chi connectivity index (χ4v) is 3.22. The molecule has 0 aliphatic heterocycles. The molecule has 2 aromatic rings. The fourth-order valence-electron chi connectivity index (χ4n) is 3.22. The van der Waals surface area contributed by atoms with Gasteiger partial charge in [0.1, 0.15) is 6.61 Å². The second-order valence-corrected chi connectivity index (χ2v) is 6.31. The van der Waals surface area contributed by atoms with E-state index in [0.717, 1.165) is 22.3 Å². The van der Waals surface area contributed by atoms with Gasteiger partial charge in [0.15, 0.2) is 5.78 Å². The molecular weight excluding hydrogens is 346 g/mol. The molecule has 0 saturated carbocycles. The molecule has 6 heteroatoms. The second-order valence-electron chi connectivity index (χ2n) is 6.31. The van der Waals surface area contributed by atoms with Crippen LogP contribution in [0.2, 0.25) is 0 Å². The molecule has 140 valence electrons. The number of amides is 1. The van der Waals surface area contributed by atoms with Gasteiger partial charge in [0.05, 0.1) is 13.2 Å². The molecular formula is C21H21NO5. The molecule has 27 heavy (non-hydrogen) atoms. The van der Waals surface area contributed by atoms with Crippen LogP contribution in [-0.2, 0) is 19.1 Å². The molecule has 1 aliphatic rings. The number of fused-ring (bicyclic) bond motifs is 3. The summed E-state index contributed by atoms with van der Waals surface area (Å²) in [6.45, 7) is 1.33. The van der Waals surface area contributed by atoms with Gasteiger partial charge in [0.25, 0.3) is 0 Å². The highest BCUT2D eigenvalue weighted by atomic mass is 16.5. The molecule has 3 rings (SSSR count). The summed E-state index contributed by atoms with van der Waals surface area (Å²) in [4.78, 5) is 34.2. The minimum Gasteiger partial charge on any atom is -0.465 e. The zero-order valence-electron chi connectivity index (χ0n) is 15.1. The number of benzene rings is 2. The summed E-state index contributed by atoms with van der Waals surface area (Å²) in [7, 11) is 0. The van der Waals surface area contributed by atoms with Gasteiger partial charge in [-0.15, -0.1) is 0 Å². The standard InChI is InChI=1S/C21H21NO5/c1-14(23)26-11-10-15(24)12-22-21(25)27-13-20-18-8-4-2-6-16(18)17-7-3-5-9-19(17)20/h2-9,20H,10-13H2,1H3,(H,22,25). The highest BCUT2D eigenvalue weighted by Gasteiger charge is 2.28. The molecule has 2 aromatic carbocycles. The van der Waals surface area contributed by atoms with Crippen molar-refractivity contribution in [2.24, 2.45) is 0 Å². The summed E-state index contributed by atoms with van der Waals surface area (Å²) in [5, 5.41) is 2.44. The fraction of sp³-hybridized carbons (Fsp3) is 0.286. The number of alkyl carbamates (subject to hydrolysis) is 1. The van der Waals surface area contributed by atoms with Crippen molar-refractivity contribution in [3.8, 4) is 11.1 Å². The Kier molecular flexibility index (Phi) is 5.86. The number of hydrogen-bond donors (Lipinski definition) is 1. The summed E-state index contributed by atoms with van der Waals surface area (Å²) < 4.78 is 10.0. The highest BCUT2D eigenvalue weighted by molar-refractivity contribution is 5.84. The van der Waals surface area contributed by atoms with Gasteiger partial charge in [0.2, 0.25) is 0 Å². The van der Waals surface area contributed by atoms with Crippen LogP contribution in [0.1, 0.15) is 30.4 Å². The lowest BCUT2D eigenvalue weighted by Crippen LogP contribution is -2.31. The minimum absolute atomic E-state index is 0.0144. The Morgan fingerprint density at radius 3 is 2.11 bits per heavy atom. The van der Waals surface area contributed by atoms with Gasteiger partial charge >= 0.3 is 12.1 Å². The van der Waals surface area contributed by atoms with E-state index in [2.05, 4.69) is 17.4 Å². The van der Waals surface area contributed by atoms with Gasteiger partial charge < -0.3 is 14.8 Å². The van der Waals surface area contributed by atoms with E-state index in [4.69, 9.17) is 9.47 Å². The first-order valence-corrected chi connectivity index (χ1v) is 8.80. The van der Waals surface area contributed by atoms with Crippen molar-refractivity contribution >= 4 is 17.8 Å². The molecule has 0 atom stereocenters. The Morgan fingerprint density at radius 2 is 1.52 bits per heavy atom. The maximum atomic E-state index is 11.9. The van der Waals surface area contributed by atoms with E-state index < -0.39 is 12.1 Å². The number of nitrogens with one attached hydrogen (secondary N) is 1. The van der Waals surface area contributed by atoms with Crippen LogP contribution >= 0.6 is 0 Å². The third-order valence-electron chi connectivity index (χ3n) is 4.46. The van der Waals surface area contributed by atoms with Crippen molar-refractivity contribution in [3.05, 3.63) is 59.7 Å². The predicted octanol–water partition coefficient (Wildman–Crippen LogP) is 3.05. The van der Waals surface area contributed by atoms with Crippen molar-refractivity contribution in [2.45, 2.75) is 19.3 Å². The second kappa shape index (κ2) is 8.49. The van der Waals surface area contributed by atoms with Crippen molar-refractivity contribution < 1.29 is 23.9 Å². The lowest BCUT2D eigenvalue weighted by Gasteiger charge is -2.14. The number of ether oxygens (including phenoxy) is 2. The van der Waals surface area contributed by atoms with Crippen LogP contribution in [0.15, 0.2) is 48.5 Å². The lowest BCUT2D eigenvalue weighted by atomic mass is 9.98. The number of Topliss-reactive ketones (excluding diaryl/α,β-unsaturated/α-hetero) is 1. The summed E-state index contributed by atoms with van der Waals surface area (Å²) >= 11 is 0. The molecule has 1 N–H and O–H groups in total. The van der Waals surface area contributed by atoms with E-state index in [1.54, 1.807) is 0 Å².